The lowest BCUT2D eigenvalue weighted by Gasteiger charge is -2.09. The van der Waals surface area contributed by atoms with Crippen molar-refractivity contribution in [1.82, 2.24) is 5.32 Å². The van der Waals surface area contributed by atoms with E-state index in [0.29, 0.717) is 34.2 Å². The Morgan fingerprint density at radius 3 is 1.96 bits per heavy atom. The number of nitrogens with one attached hydrogen (secondary N) is 1. The molecule has 0 aliphatic carbocycles. The van der Waals surface area contributed by atoms with E-state index in [9.17, 15) is 9.59 Å². The topological polar surface area (TPSA) is 81.4 Å². The summed E-state index contributed by atoms with van der Waals surface area (Å²) in [5.41, 5.74) is 6.98. The third kappa shape index (κ3) is 4.86. The Hall–Kier alpha value is -3.31. The van der Waals surface area contributed by atoms with Gasteiger partial charge in [-0.25, -0.2) is 0 Å². The van der Waals surface area contributed by atoms with Crippen molar-refractivity contribution in [2.45, 2.75) is 6.54 Å². The van der Waals surface area contributed by atoms with Gasteiger partial charge in [0, 0.05) is 22.7 Å². The molecule has 0 aliphatic heterocycles. The Labute approximate surface area is 161 Å². The lowest BCUT2D eigenvalue weighted by molar-refractivity contribution is 0.0949. The van der Waals surface area contributed by atoms with Gasteiger partial charge in [-0.15, -0.1) is 0 Å². The fourth-order valence-corrected chi connectivity index (χ4v) is 2.62. The summed E-state index contributed by atoms with van der Waals surface area (Å²) in [6, 6.07) is 20.6. The molecule has 0 fully saturated rings. The molecule has 0 saturated carbocycles. The van der Waals surface area contributed by atoms with Crippen LogP contribution < -0.4 is 15.8 Å². The molecular weight excluding hydrogens is 364 g/mol. The van der Waals surface area contributed by atoms with Gasteiger partial charge in [-0.2, -0.15) is 0 Å². The predicted octanol–water partition coefficient (Wildman–Crippen LogP) is 4.16. The standard InChI is InChI=1S/C21H17ClN2O3/c22-19-4-2-1-3-16(19)13-24-21(26)15-7-11-18(12-8-15)27-17-9-5-14(6-10-17)20(23)25/h1-12H,13H2,(H2,23,25)(H,24,26). The molecule has 0 radical (unpaired) electrons. The largest absolute Gasteiger partial charge is 0.457 e. The van der Waals surface area contributed by atoms with Gasteiger partial charge < -0.3 is 15.8 Å². The molecular formula is C21H17ClN2O3. The number of amides is 2. The molecule has 136 valence electrons. The number of hydrogen-bond donors (Lipinski definition) is 2. The highest BCUT2D eigenvalue weighted by Crippen LogP contribution is 2.22. The van der Waals surface area contributed by atoms with Gasteiger partial charge in [0.05, 0.1) is 0 Å². The van der Waals surface area contributed by atoms with Gasteiger partial charge in [0.1, 0.15) is 11.5 Å². The lowest BCUT2D eigenvalue weighted by atomic mass is 10.2. The average molecular weight is 381 g/mol. The maximum Gasteiger partial charge on any atom is 0.251 e. The highest BCUT2D eigenvalue weighted by molar-refractivity contribution is 6.31. The van der Waals surface area contributed by atoms with Crippen molar-refractivity contribution in [2.75, 3.05) is 0 Å². The fraction of sp³-hybridized carbons (Fsp3) is 0.0476. The van der Waals surface area contributed by atoms with Gasteiger partial charge in [-0.1, -0.05) is 29.8 Å². The monoisotopic (exact) mass is 380 g/mol. The van der Waals surface area contributed by atoms with Crippen molar-refractivity contribution in [3.8, 4) is 11.5 Å². The Bertz CT molecular complexity index is 954. The van der Waals surface area contributed by atoms with Crippen LogP contribution in [0.4, 0.5) is 0 Å². The smallest absolute Gasteiger partial charge is 0.251 e. The van der Waals surface area contributed by atoms with Crippen LogP contribution in [0.2, 0.25) is 5.02 Å². The molecule has 0 bridgehead atoms. The summed E-state index contributed by atoms with van der Waals surface area (Å²) in [4.78, 5) is 23.3. The molecule has 3 aromatic carbocycles. The van der Waals surface area contributed by atoms with Gasteiger partial charge in [-0.3, -0.25) is 9.59 Å². The first-order chi connectivity index (χ1) is 13.0. The molecule has 27 heavy (non-hydrogen) atoms. The molecule has 0 unspecified atom stereocenters. The number of nitrogens with two attached hydrogens (primary N) is 1. The van der Waals surface area contributed by atoms with Crippen LogP contribution in [-0.4, -0.2) is 11.8 Å². The second-order valence-corrected chi connectivity index (χ2v) is 6.20. The molecule has 5 nitrogen and oxygen atoms in total. The molecule has 3 rings (SSSR count). The van der Waals surface area contributed by atoms with Crippen LogP contribution in [0, 0.1) is 0 Å². The van der Waals surface area contributed by atoms with Crippen LogP contribution in [0.5, 0.6) is 11.5 Å². The number of carbonyl (C=O) groups excluding carboxylic acids is 2. The Balaban J connectivity index is 1.60. The highest BCUT2D eigenvalue weighted by atomic mass is 35.5. The van der Waals surface area contributed by atoms with Crippen LogP contribution in [0.3, 0.4) is 0 Å². The highest BCUT2D eigenvalue weighted by Gasteiger charge is 2.07. The van der Waals surface area contributed by atoms with Gasteiger partial charge >= 0.3 is 0 Å². The molecule has 3 N–H and O–H groups in total. The first-order valence-electron chi connectivity index (χ1n) is 8.22. The van der Waals surface area contributed by atoms with E-state index >= 15 is 0 Å². The summed E-state index contributed by atoms with van der Waals surface area (Å²) < 4.78 is 5.69. The van der Waals surface area contributed by atoms with Gasteiger partial charge in [0.25, 0.3) is 5.91 Å². The van der Waals surface area contributed by atoms with Crippen molar-refractivity contribution in [2.24, 2.45) is 5.73 Å². The third-order valence-electron chi connectivity index (χ3n) is 3.89. The summed E-state index contributed by atoms with van der Waals surface area (Å²) in [6.45, 7) is 0.350. The van der Waals surface area contributed by atoms with E-state index in [0.717, 1.165) is 5.56 Å². The van der Waals surface area contributed by atoms with Crippen molar-refractivity contribution in [3.63, 3.8) is 0 Å². The van der Waals surface area contributed by atoms with E-state index < -0.39 is 5.91 Å². The molecule has 3 aromatic rings. The van der Waals surface area contributed by atoms with E-state index in [2.05, 4.69) is 5.32 Å². The molecule has 2 amide bonds. The minimum Gasteiger partial charge on any atom is -0.457 e. The van der Waals surface area contributed by atoms with Crippen molar-refractivity contribution in [1.29, 1.82) is 0 Å². The zero-order valence-corrected chi connectivity index (χ0v) is 15.1. The maximum absolute atomic E-state index is 12.3. The van der Waals surface area contributed by atoms with E-state index in [1.807, 2.05) is 18.2 Å². The van der Waals surface area contributed by atoms with Gasteiger partial charge in [0.2, 0.25) is 5.91 Å². The molecule has 0 aliphatic rings. The second-order valence-electron chi connectivity index (χ2n) is 5.79. The SMILES string of the molecule is NC(=O)c1ccc(Oc2ccc(C(=O)NCc3ccccc3Cl)cc2)cc1. The number of halogens is 1. The number of rotatable bonds is 6. The molecule has 0 heterocycles. The predicted molar refractivity (Wildman–Crippen MR) is 104 cm³/mol. The Kier molecular flexibility index (Phi) is 5.74. The minimum atomic E-state index is -0.492. The number of hydrogen-bond acceptors (Lipinski definition) is 3. The van der Waals surface area contributed by atoms with Crippen molar-refractivity contribution < 1.29 is 14.3 Å². The number of ether oxygens (including phenoxy) is 1. The summed E-state index contributed by atoms with van der Waals surface area (Å²) in [6.07, 6.45) is 0. The summed E-state index contributed by atoms with van der Waals surface area (Å²) in [7, 11) is 0. The molecule has 6 heteroatoms. The number of benzene rings is 3. The second kappa shape index (κ2) is 8.38. The van der Waals surface area contributed by atoms with Crippen molar-refractivity contribution in [3.05, 3.63) is 94.5 Å². The Morgan fingerprint density at radius 1 is 0.852 bits per heavy atom. The summed E-state index contributed by atoms with van der Waals surface area (Å²) in [5, 5.41) is 3.45. The van der Waals surface area contributed by atoms with E-state index in [4.69, 9.17) is 22.1 Å². The number of primary amides is 1. The third-order valence-corrected chi connectivity index (χ3v) is 4.26. The van der Waals surface area contributed by atoms with Crippen LogP contribution in [0.25, 0.3) is 0 Å². The zero-order chi connectivity index (χ0) is 19.2. The lowest BCUT2D eigenvalue weighted by Crippen LogP contribution is -2.22. The minimum absolute atomic E-state index is 0.202. The summed E-state index contributed by atoms with van der Waals surface area (Å²) >= 11 is 6.09. The molecule has 0 spiro atoms. The fourth-order valence-electron chi connectivity index (χ4n) is 2.42. The quantitative estimate of drug-likeness (QED) is 0.673. The van der Waals surface area contributed by atoms with E-state index in [1.165, 1.54) is 0 Å². The van der Waals surface area contributed by atoms with E-state index in [1.54, 1.807) is 54.6 Å². The van der Waals surface area contributed by atoms with Crippen LogP contribution in [0.15, 0.2) is 72.8 Å². The molecule has 0 saturated heterocycles. The van der Waals surface area contributed by atoms with Crippen LogP contribution in [0.1, 0.15) is 26.3 Å². The van der Waals surface area contributed by atoms with Gasteiger partial charge in [-0.05, 0) is 60.2 Å². The first-order valence-corrected chi connectivity index (χ1v) is 8.60. The average Bonchev–Trinajstić information content (AvgIpc) is 2.68. The number of carbonyl (C=O) groups is 2. The maximum atomic E-state index is 12.3. The Morgan fingerprint density at radius 2 is 1.41 bits per heavy atom. The normalized spacial score (nSPS) is 10.3. The van der Waals surface area contributed by atoms with Crippen molar-refractivity contribution >= 4 is 23.4 Å². The van der Waals surface area contributed by atoms with Gasteiger partial charge in [0.15, 0.2) is 0 Å². The van der Waals surface area contributed by atoms with Crippen LogP contribution in [-0.2, 0) is 6.54 Å². The van der Waals surface area contributed by atoms with E-state index in [-0.39, 0.29) is 5.91 Å². The summed E-state index contributed by atoms with van der Waals surface area (Å²) in [5.74, 6) is 0.446. The zero-order valence-electron chi connectivity index (χ0n) is 14.3. The van der Waals surface area contributed by atoms with Crippen LogP contribution >= 0.6 is 11.6 Å². The molecule has 0 atom stereocenters. The molecule has 0 aromatic heterocycles. The first kappa shape index (κ1) is 18.5.